The van der Waals surface area contributed by atoms with E-state index in [0.29, 0.717) is 5.75 Å². The van der Waals surface area contributed by atoms with Crippen LogP contribution in [0, 0.1) is 0 Å². The fourth-order valence-corrected chi connectivity index (χ4v) is 1.41. The molecule has 0 radical (unpaired) electrons. The molecule has 0 heterocycles. The van der Waals surface area contributed by atoms with Crippen molar-refractivity contribution < 1.29 is 29.0 Å². The number of nitrogens with two attached hydrogens (primary N) is 1. The summed E-state index contributed by atoms with van der Waals surface area (Å²) in [5.74, 6) is -1.54. The number of methoxy groups -OCH3 is 1. The number of thiol groups is 1. The summed E-state index contributed by atoms with van der Waals surface area (Å²) in [5.41, 5.74) is 5.46. The van der Waals surface area contributed by atoms with Gasteiger partial charge in [-0.1, -0.05) is 6.08 Å². The molecule has 3 atom stereocenters. The maximum Gasteiger partial charge on any atom is 0.326 e. The number of carbonyl (C=O) groups is 3. The molecule has 0 saturated heterocycles. The third-order valence-corrected chi connectivity index (χ3v) is 2.77. The van der Waals surface area contributed by atoms with Crippen LogP contribution >= 0.6 is 12.6 Å². The summed E-state index contributed by atoms with van der Waals surface area (Å²) < 4.78 is 9.44. The minimum atomic E-state index is -1.20. The second-order valence-corrected chi connectivity index (χ2v) is 4.77. The lowest BCUT2D eigenvalue weighted by Crippen LogP contribution is -2.43. The highest BCUT2D eigenvalue weighted by molar-refractivity contribution is 7.80. The van der Waals surface area contributed by atoms with Gasteiger partial charge in [0.15, 0.2) is 0 Å². The standard InChI is InChI=1S/C13H22N2O6S/c1-8(16)12(14)13(19)21-9(4-3-5-22)6-10(17)15-7-11(18)20-2/h3-4,8-9,12,16,22H,5-7,14H2,1-2H3,(H,15,17)/b4-3+. The van der Waals surface area contributed by atoms with Gasteiger partial charge in [0, 0.05) is 5.75 Å². The van der Waals surface area contributed by atoms with Gasteiger partial charge in [-0.15, -0.1) is 0 Å². The van der Waals surface area contributed by atoms with Crippen molar-refractivity contribution >= 4 is 30.5 Å². The Hall–Kier alpha value is -1.58. The minimum absolute atomic E-state index is 0.195. The molecule has 0 aliphatic heterocycles. The first-order valence-electron chi connectivity index (χ1n) is 6.57. The zero-order valence-corrected chi connectivity index (χ0v) is 13.4. The maximum absolute atomic E-state index is 11.7. The molecule has 0 aliphatic carbocycles. The van der Waals surface area contributed by atoms with Gasteiger partial charge in [0.05, 0.1) is 19.6 Å². The number of aliphatic hydroxyl groups excluding tert-OH is 1. The third-order valence-electron chi connectivity index (χ3n) is 2.56. The average molecular weight is 334 g/mol. The Morgan fingerprint density at radius 1 is 1.41 bits per heavy atom. The Morgan fingerprint density at radius 2 is 2.05 bits per heavy atom. The Kier molecular flexibility index (Phi) is 10.3. The molecular weight excluding hydrogens is 312 g/mol. The van der Waals surface area contributed by atoms with Gasteiger partial charge in [0.25, 0.3) is 0 Å². The topological polar surface area (TPSA) is 128 Å². The molecule has 1 amide bonds. The van der Waals surface area contributed by atoms with Crippen molar-refractivity contribution in [3.63, 3.8) is 0 Å². The fraction of sp³-hybridized carbons (Fsp3) is 0.615. The summed E-state index contributed by atoms with van der Waals surface area (Å²) in [6, 6.07) is -1.20. The van der Waals surface area contributed by atoms with Gasteiger partial charge in [-0.05, 0) is 13.0 Å². The summed E-state index contributed by atoms with van der Waals surface area (Å²) in [6.45, 7) is 1.08. The van der Waals surface area contributed by atoms with Crippen molar-refractivity contribution in [2.75, 3.05) is 19.4 Å². The van der Waals surface area contributed by atoms with Crippen LogP contribution < -0.4 is 11.1 Å². The Morgan fingerprint density at radius 3 is 2.55 bits per heavy atom. The molecule has 0 bridgehead atoms. The van der Waals surface area contributed by atoms with Crippen LogP contribution in [0.2, 0.25) is 0 Å². The highest BCUT2D eigenvalue weighted by atomic mass is 32.1. The number of nitrogens with one attached hydrogen (secondary N) is 1. The monoisotopic (exact) mass is 334 g/mol. The van der Waals surface area contributed by atoms with Crippen LogP contribution in [0.5, 0.6) is 0 Å². The number of aliphatic hydroxyl groups is 1. The second-order valence-electron chi connectivity index (χ2n) is 4.41. The lowest BCUT2D eigenvalue weighted by atomic mass is 10.2. The normalized spacial score (nSPS) is 15.0. The van der Waals surface area contributed by atoms with Crippen molar-refractivity contribution in [2.24, 2.45) is 5.73 Å². The predicted octanol–water partition coefficient (Wildman–Crippen LogP) is -1.23. The van der Waals surface area contributed by atoms with Crippen LogP contribution in [0.3, 0.4) is 0 Å². The zero-order valence-electron chi connectivity index (χ0n) is 12.5. The fourth-order valence-electron chi connectivity index (χ4n) is 1.28. The van der Waals surface area contributed by atoms with Gasteiger partial charge in [0.2, 0.25) is 5.91 Å². The Balaban J connectivity index is 4.58. The van der Waals surface area contributed by atoms with E-state index in [1.54, 1.807) is 6.08 Å². The maximum atomic E-state index is 11.7. The van der Waals surface area contributed by atoms with E-state index in [9.17, 15) is 19.5 Å². The van der Waals surface area contributed by atoms with E-state index in [1.807, 2.05) is 0 Å². The van der Waals surface area contributed by atoms with E-state index < -0.39 is 36.1 Å². The van der Waals surface area contributed by atoms with E-state index in [-0.39, 0.29) is 13.0 Å². The molecule has 22 heavy (non-hydrogen) atoms. The summed E-state index contributed by atoms with van der Waals surface area (Å²) in [6.07, 6.45) is 0.941. The largest absolute Gasteiger partial charge is 0.468 e. The molecule has 0 spiro atoms. The molecule has 8 nitrogen and oxygen atoms in total. The molecule has 0 rings (SSSR count). The predicted molar refractivity (Wildman–Crippen MR) is 82.2 cm³/mol. The first-order chi connectivity index (χ1) is 10.3. The minimum Gasteiger partial charge on any atom is -0.468 e. The van der Waals surface area contributed by atoms with Crippen molar-refractivity contribution in [1.29, 1.82) is 0 Å². The van der Waals surface area contributed by atoms with Crippen LogP contribution in [0.15, 0.2) is 12.2 Å². The molecule has 0 fully saturated rings. The highest BCUT2D eigenvalue weighted by Gasteiger charge is 2.24. The molecule has 3 unspecified atom stereocenters. The summed E-state index contributed by atoms with van der Waals surface area (Å²) in [4.78, 5) is 34.3. The second kappa shape index (κ2) is 11.0. The summed E-state index contributed by atoms with van der Waals surface area (Å²) >= 11 is 3.98. The van der Waals surface area contributed by atoms with E-state index in [2.05, 4.69) is 22.7 Å². The van der Waals surface area contributed by atoms with Gasteiger partial charge >= 0.3 is 11.9 Å². The third kappa shape index (κ3) is 8.65. The molecule has 0 aliphatic rings. The Bertz CT molecular complexity index is 413. The average Bonchev–Trinajstić information content (AvgIpc) is 2.48. The van der Waals surface area contributed by atoms with E-state index >= 15 is 0 Å². The lowest BCUT2D eigenvalue weighted by Gasteiger charge is -2.18. The van der Waals surface area contributed by atoms with Crippen molar-refractivity contribution in [3.05, 3.63) is 12.2 Å². The number of rotatable bonds is 9. The van der Waals surface area contributed by atoms with Crippen LogP contribution in [-0.2, 0) is 23.9 Å². The smallest absolute Gasteiger partial charge is 0.326 e. The summed E-state index contributed by atoms with van der Waals surface area (Å²) in [5, 5.41) is 11.6. The number of hydrogen-bond donors (Lipinski definition) is 4. The van der Waals surface area contributed by atoms with E-state index in [0.717, 1.165) is 0 Å². The van der Waals surface area contributed by atoms with Crippen molar-refractivity contribution in [3.8, 4) is 0 Å². The highest BCUT2D eigenvalue weighted by Crippen LogP contribution is 2.05. The number of ether oxygens (including phenoxy) is 2. The molecular formula is C13H22N2O6S. The number of carbonyl (C=O) groups excluding carboxylic acids is 3. The number of hydrogen-bond acceptors (Lipinski definition) is 8. The lowest BCUT2D eigenvalue weighted by molar-refractivity contribution is -0.152. The van der Waals surface area contributed by atoms with Gasteiger partial charge in [-0.2, -0.15) is 12.6 Å². The van der Waals surface area contributed by atoms with Gasteiger partial charge < -0.3 is 25.6 Å². The first kappa shape index (κ1) is 20.4. The van der Waals surface area contributed by atoms with Gasteiger partial charge in [0.1, 0.15) is 18.7 Å². The van der Waals surface area contributed by atoms with Gasteiger partial charge in [-0.3, -0.25) is 14.4 Å². The molecule has 0 aromatic heterocycles. The van der Waals surface area contributed by atoms with Crippen LogP contribution in [0.4, 0.5) is 0 Å². The molecule has 0 aromatic carbocycles. The molecule has 0 saturated carbocycles. The molecule has 126 valence electrons. The Labute approximate surface area is 134 Å². The first-order valence-corrected chi connectivity index (χ1v) is 7.20. The van der Waals surface area contributed by atoms with Crippen LogP contribution in [0.25, 0.3) is 0 Å². The zero-order chi connectivity index (χ0) is 17.1. The van der Waals surface area contributed by atoms with Crippen molar-refractivity contribution in [2.45, 2.75) is 31.6 Å². The number of amides is 1. The van der Waals surface area contributed by atoms with Crippen molar-refractivity contribution in [1.82, 2.24) is 5.32 Å². The SMILES string of the molecule is COC(=O)CNC(=O)CC(/C=C/CS)OC(=O)C(N)C(C)O. The van der Waals surface area contributed by atoms with Gasteiger partial charge in [-0.25, -0.2) is 0 Å². The summed E-state index contributed by atoms with van der Waals surface area (Å²) in [7, 11) is 1.20. The molecule has 0 aromatic rings. The quantitative estimate of drug-likeness (QED) is 0.236. The van der Waals surface area contributed by atoms with E-state index in [4.69, 9.17) is 10.5 Å². The molecule has 4 N–H and O–H groups in total. The van der Waals surface area contributed by atoms with E-state index in [1.165, 1.54) is 20.1 Å². The number of esters is 2. The van der Waals surface area contributed by atoms with Crippen LogP contribution in [-0.4, -0.2) is 60.6 Å². The van der Waals surface area contributed by atoms with Crippen LogP contribution in [0.1, 0.15) is 13.3 Å². The molecule has 9 heteroatoms.